The molecule has 0 aliphatic heterocycles. The van der Waals surface area contributed by atoms with Crippen molar-refractivity contribution in [3.8, 4) is 0 Å². The summed E-state index contributed by atoms with van der Waals surface area (Å²) in [5, 5.41) is 0. The number of alkyl halides is 1. The molecule has 0 atom stereocenters. The Morgan fingerprint density at radius 1 is 0.364 bits per heavy atom. The van der Waals surface area contributed by atoms with Crippen LogP contribution in [0.5, 0.6) is 0 Å². The minimum Gasteiger partial charge on any atom is -0.0695 e. The van der Waals surface area contributed by atoms with Crippen LogP contribution in [0, 0.1) is 0 Å². The Balaban J connectivity index is 1.97. The van der Waals surface area contributed by atoms with Gasteiger partial charge in [-0.15, -0.1) is 0 Å². The fraction of sp³-hybridized carbons (Fsp3) is 0.581. The predicted octanol–water partition coefficient (Wildman–Crippen LogP) is 14.1. The summed E-state index contributed by atoms with van der Waals surface area (Å²) >= 11 is 4.59. The van der Waals surface area contributed by atoms with Crippen LogP contribution in [0.2, 0.25) is 0 Å². The van der Waals surface area contributed by atoms with Crippen molar-refractivity contribution in [3.05, 3.63) is 106 Å². The van der Waals surface area contributed by atoms with E-state index in [9.17, 15) is 0 Å². The predicted molar refractivity (Wildman–Crippen MR) is 199 cm³/mol. The van der Waals surface area contributed by atoms with E-state index in [0.717, 1.165) is 19.3 Å². The molecule has 0 heterocycles. The van der Waals surface area contributed by atoms with E-state index in [4.69, 9.17) is 0 Å². The van der Waals surface area contributed by atoms with Crippen molar-refractivity contribution in [1.82, 2.24) is 0 Å². The minimum absolute atomic E-state index is 0.358. The number of unbranched alkanes of at least 4 members (excludes halogenated alkanes) is 15. The van der Waals surface area contributed by atoms with Gasteiger partial charge in [0.15, 0.2) is 0 Å². The Labute approximate surface area is 281 Å². The Kier molecular flexibility index (Phi) is 18.1. The van der Waals surface area contributed by atoms with Crippen LogP contribution in [0.4, 0.5) is 0 Å². The zero-order chi connectivity index (χ0) is 31.3. The van der Waals surface area contributed by atoms with Gasteiger partial charge in [-0.05, 0) is 71.9 Å². The molecular formula is C43H63Br. The van der Waals surface area contributed by atoms with E-state index in [0.29, 0.717) is 0 Å². The summed E-state index contributed by atoms with van der Waals surface area (Å²) in [4.78, 5) is 0. The van der Waals surface area contributed by atoms with Gasteiger partial charge in [-0.3, -0.25) is 0 Å². The molecule has 0 fully saturated rings. The summed E-state index contributed by atoms with van der Waals surface area (Å²) in [6, 6.07) is 28.1. The number of rotatable bonds is 24. The smallest absolute Gasteiger partial charge is 0.0695 e. The zero-order valence-electron chi connectivity index (χ0n) is 28.7. The van der Waals surface area contributed by atoms with Crippen molar-refractivity contribution in [2.75, 3.05) is 0 Å². The lowest BCUT2D eigenvalue weighted by atomic mass is 9.77. The van der Waals surface area contributed by atoms with Gasteiger partial charge in [0.25, 0.3) is 0 Å². The maximum absolute atomic E-state index is 4.59. The van der Waals surface area contributed by atoms with Crippen molar-refractivity contribution in [2.24, 2.45) is 0 Å². The number of aryl methyl sites for hydroxylation is 3. The van der Waals surface area contributed by atoms with Gasteiger partial charge in [-0.1, -0.05) is 206 Å². The Morgan fingerprint density at radius 2 is 0.614 bits per heavy atom. The first-order valence-corrected chi connectivity index (χ1v) is 19.4. The molecule has 1 heteroatoms. The number of benzene rings is 3. The lowest BCUT2D eigenvalue weighted by Gasteiger charge is -2.35. The van der Waals surface area contributed by atoms with Crippen LogP contribution in [-0.2, 0) is 23.6 Å². The largest absolute Gasteiger partial charge is 0.101 e. The second kappa shape index (κ2) is 21.8. The molecule has 3 rings (SSSR count). The second-order valence-electron chi connectivity index (χ2n) is 13.2. The van der Waals surface area contributed by atoms with Crippen LogP contribution in [-0.4, -0.2) is 0 Å². The molecule has 0 bridgehead atoms. The highest BCUT2D eigenvalue weighted by Gasteiger charge is 2.38. The van der Waals surface area contributed by atoms with E-state index in [1.165, 1.54) is 149 Å². The third-order valence-corrected chi connectivity index (χ3v) is 10.8. The maximum Gasteiger partial charge on any atom is 0.101 e. The van der Waals surface area contributed by atoms with Crippen LogP contribution >= 0.6 is 15.9 Å². The monoisotopic (exact) mass is 658 g/mol. The summed E-state index contributed by atoms with van der Waals surface area (Å²) in [5.41, 5.74) is 8.84. The average Bonchev–Trinajstić information content (AvgIpc) is 3.06. The maximum atomic E-state index is 4.59. The molecule has 0 aliphatic carbocycles. The van der Waals surface area contributed by atoms with Crippen molar-refractivity contribution >= 4 is 15.9 Å². The molecule has 0 unspecified atom stereocenters. The molecule has 0 spiro atoms. The molecule has 0 saturated heterocycles. The van der Waals surface area contributed by atoms with Crippen LogP contribution in [0.25, 0.3) is 0 Å². The summed E-state index contributed by atoms with van der Waals surface area (Å²) < 4.78 is -0.358. The summed E-state index contributed by atoms with van der Waals surface area (Å²) in [5.74, 6) is 0. The van der Waals surface area contributed by atoms with Crippen molar-refractivity contribution < 1.29 is 0 Å². The van der Waals surface area contributed by atoms with Crippen molar-refractivity contribution in [2.45, 2.75) is 160 Å². The molecule has 0 radical (unpaired) electrons. The van der Waals surface area contributed by atoms with Gasteiger partial charge in [0, 0.05) is 0 Å². The fourth-order valence-corrected chi connectivity index (χ4v) is 8.11. The summed E-state index contributed by atoms with van der Waals surface area (Å²) in [7, 11) is 0. The zero-order valence-corrected chi connectivity index (χ0v) is 30.2. The molecule has 0 nitrogen and oxygen atoms in total. The van der Waals surface area contributed by atoms with Crippen LogP contribution < -0.4 is 0 Å². The average molecular weight is 660 g/mol. The highest BCUT2D eigenvalue weighted by Crippen LogP contribution is 2.49. The Morgan fingerprint density at radius 3 is 0.909 bits per heavy atom. The molecular weight excluding hydrogens is 596 g/mol. The third kappa shape index (κ3) is 11.5. The SMILES string of the molecule is CCCCCCCCc1ccccc1C(Br)(c1ccccc1CCCCCCCC)c1ccccc1CCCCCCCC. The topological polar surface area (TPSA) is 0 Å². The van der Waals surface area contributed by atoms with Gasteiger partial charge in [0.05, 0.1) is 0 Å². The molecule has 0 aromatic heterocycles. The first kappa shape index (κ1) is 36.6. The van der Waals surface area contributed by atoms with Crippen LogP contribution in [0.3, 0.4) is 0 Å². The molecule has 3 aromatic carbocycles. The van der Waals surface area contributed by atoms with Gasteiger partial charge in [0.2, 0.25) is 0 Å². The lowest BCUT2D eigenvalue weighted by Crippen LogP contribution is -2.27. The van der Waals surface area contributed by atoms with Gasteiger partial charge < -0.3 is 0 Å². The van der Waals surface area contributed by atoms with Gasteiger partial charge in [0.1, 0.15) is 4.32 Å². The van der Waals surface area contributed by atoms with E-state index in [2.05, 4.69) is 109 Å². The van der Waals surface area contributed by atoms with Crippen molar-refractivity contribution in [3.63, 3.8) is 0 Å². The molecule has 44 heavy (non-hydrogen) atoms. The number of halogens is 1. The van der Waals surface area contributed by atoms with E-state index in [1.54, 1.807) is 0 Å². The minimum atomic E-state index is -0.358. The Hall–Kier alpha value is -1.86. The van der Waals surface area contributed by atoms with E-state index >= 15 is 0 Å². The summed E-state index contributed by atoms with van der Waals surface area (Å²) in [6.45, 7) is 6.92. The van der Waals surface area contributed by atoms with Crippen LogP contribution in [0.1, 0.15) is 170 Å². The number of hydrogen-bond acceptors (Lipinski definition) is 0. The normalized spacial score (nSPS) is 11.7. The lowest BCUT2D eigenvalue weighted by molar-refractivity contribution is 0.602. The van der Waals surface area contributed by atoms with Gasteiger partial charge >= 0.3 is 0 Å². The standard InChI is InChI=1S/C43H63Br/c1-4-7-10-13-16-19-28-37-31-22-25-34-40(37)43(44,41-35-26-23-32-38(41)29-20-17-14-11-8-5-2)42-36-27-24-33-39(42)30-21-18-15-12-9-6-3/h22-27,31-36H,4-21,28-30H2,1-3H3. The van der Waals surface area contributed by atoms with Crippen LogP contribution in [0.15, 0.2) is 72.8 Å². The highest BCUT2D eigenvalue weighted by molar-refractivity contribution is 9.10. The van der Waals surface area contributed by atoms with Crippen molar-refractivity contribution in [1.29, 1.82) is 0 Å². The number of hydrogen-bond donors (Lipinski definition) is 0. The van der Waals surface area contributed by atoms with Gasteiger partial charge in [-0.25, -0.2) is 0 Å². The molecule has 0 N–H and O–H groups in total. The second-order valence-corrected chi connectivity index (χ2v) is 14.4. The third-order valence-electron chi connectivity index (χ3n) is 9.56. The fourth-order valence-electron chi connectivity index (χ4n) is 6.95. The quantitative estimate of drug-likeness (QED) is 0.0510. The van der Waals surface area contributed by atoms with E-state index in [-0.39, 0.29) is 4.32 Å². The first-order valence-electron chi connectivity index (χ1n) is 18.6. The highest BCUT2D eigenvalue weighted by atomic mass is 79.9. The first-order chi connectivity index (χ1) is 21.7. The molecule has 0 aliphatic rings. The van der Waals surface area contributed by atoms with E-state index < -0.39 is 0 Å². The molecule has 3 aromatic rings. The van der Waals surface area contributed by atoms with Gasteiger partial charge in [-0.2, -0.15) is 0 Å². The van der Waals surface area contributed by atoms with E-state index in [1.807, 2.05) is 0 Å². The summed E-state index contributed by atoms with van der Waals surface area (Å²) in [6.07, 6.45) is 27.5. The molecule has 0 amide bonds. The molecule has 242 valence electrons. The Bertz CT molecular complexity index is 1020. The molecule has 0 saturated carbocycles.